The third-order valence-electron chi connectivity index (χ3n) is 17.2. The van der Waals surface area contributed by atoms with Crippen molar-refractivity contribution in [3.8, 4) is 5.82 Å². The molecule has 0 spiro atoms. The fraction of sp³-hybridized carbons (Fsp3) is 0.560. The van der Waals surface area contributed by atoms with Gasteiger partial charge in [-0.3, -0.25) is 44.0 Å². The van der Waals surface area contributed by atoms with Gasteiger partial charge in [-0.05, 0) is 132 Å². The van der Waals surface area contributed by atoms with Crippen molar-refractivity contribution >= 4 is 40.6 Å². The molecule has 4 saturated heterocycles. The van der Waals surface area contributed by atoms with E-state index in [4.69, 9.17) is 9.97 Å². The van der Waals surface area contributed by atoms with E-state index in [-0.39, 0.29) is 36.4 Å². The number of hydrogen-bond acceptors (Lipinski definition) is 13. The molecule has 3 aromatic heterocycles. The maximum absolute atomic E-state index is 13.7. The third-order valence-corrected chi connectivity index (χ3v) is 17.2. The van der Waals surface area contributed by atoms with E-state index < -0.39 is 29.4 Å². The summed E-state index contributed by atoms with van der Waals surface area (Å²) in [6.07, 6.45) is 13.5. The molecule has 350 valence electrons. The number of carbonyl (C=O) groups is 4. The minimum Gasteiger partial charge on any atom is -0.384 e. The van der Waals surface area contributed by atoms with Crippen LogP contribution < -0.4 is 16.2 Å². The SMILES string of the molecule is C=CCn1c(=O)c2cnc(NC34CC(C3)[C@H](N3CCC(N5CCC(N6CC(c7ccc8c(c7)C(=O)N(C7CCC(=O)NC7=O)C8=O)C6)CC5)CC3)C4)nc2n1-c1ccc2c(n1)[C@@](O)(CC)CC2. The number of nitrogens with zero attached hydrogens (tertiary/aromatic N) is 9. The topological polar surface area (TPSA) is 191 Å². The second-order valence-electron chi connectivity index (χ2n) is 20.8. The highest BCUT2D eigenvalue weighted by Gasteiger charge is 2.58. The highest BCUT2D eigenvalue weighted by Crippen LogP contribution is 2.55. The van der Waals surface area contributed by atoms with Crippen molar-refractivity contribution in [2.24, 2.45) is 5.92 Å². The number of benzene rings is 1. The molecule has 3 atom stereocenters. The van der Waals surface area contributed by atoms with Gasteiger partial charge in [-0.15, -0.1) is 6.58 Å². The Kier molecular flexibility index (Phi) is 10.2. The lowest BCUT2D eigenvalue weighted by Crippen LogP contribution is -2.56. The van der Waals surface area contributed by atoms with Crippen molar-refractivity contribution in [2.75, 3.05) is 44.6 Å². The molecular formula is C50H59N11O6. The van der Waals surface area contributed by atoms with Crippen LogP contribution in [0.4, 0.5) is 5.95 Å². The molecule has 1 aromatic carbocycles. The predicted molar refractivity (Wildman–Crippen MR) is 248 cm³/mol. The van der Waals surface area contributed by atoms with Crippen LogP contribution >= 0.6 is 0 Å². The normalized spacial score (nSPS) is 29.6. The smallest absolute Gasteiger partial charge is 0.278 e. The van der Waals surface area contributed by atoms with Crippen molar-refractivity contribution < 1.29 is 24.3 Å². The lowest BCUT2D eigenvalue weighted by Gasteiger charge is -2.49. The van der Waals surface area contributed by atoms with Crippen molar-refractivity contribution in [2.45, 2.75) is 132 Å². The van der Waals surface area contributed by atoms with Gasteiger partial charge in [-0.25, -0.2) is 19.3 Å². The van der Waals surface area contributed by atoms with E-state index in [9.17, 15) is 29.1 Å². The van der Waals surface area contributed by atoms with Gasteiger partial charge in [0.1, 0.15) is 17.0 Å². The molecule has 0 radical (unpaired) electrons. The summed E-state index contributed by atoms with van der Waals surface area (Å²) < 4.78 is 3.36. The second-order valence-corrected chi connectivity index (χ2v) is 20.8. The first kappa shape index (κ1) is 42.7. The summed E-state index contributed by atoms with van der Waals surface area (Å²) in [5.41, 5.74) is 2.71. The van der Waals surface area contributed by atoms with Gasteiger partial charge in [-0.1, -0.05) is 25.1 Å². The van der Waals surface area contributed by atoms with Gasteiger partial charge in [0.25, 0.3) is 17.4 Å². The molecule has 3 saturated carbocycles. The predicted octanol–water partition coefficient (Wildman–Crippen LogP) is 3.47. The lowest BCUT2D eigenvalue weighted by molar-refractivity contribution is -0.136. The molecule has 3 N–H and O–H groups in total. The number of fused-ring (bicyclic) bond motifs is 4. The van der Waals surface area contributed by atoms with Crippen LogP contribution in [0.3, 0.4) is 0 Å². The number of amides is 4. The fourth-order valence-electron chi connectivity index (χ4n) is 13.3. The van der Waals surface area contributed by atoms with Crippen molar-refractivity contribution in [3.63, 3.8) is 0 Å². The number of pyridine rings is 1. The van der Waals surface area contributed by atoms with Crippen molar-refractivity contribution in [1.29, 1.82) is 0 Å². The number of aromatic nitrogens is 5. The zero-order valence-electron chi connectivity index (χ0n) is 38.2. The van der Waals surface area contributed by atoms with Gasteiger partial charge in [0.2, 0.25) is 17.8 Å². The summed E-state index contributed by atoms with van der Waals surface area (Å²) in [5.74, 6) is 0.133. The van der Waals surface area contributed by atoms with E-state index in [1.165, 1.54) is 12.8 Å². The lowest BCUT2D eigenvalue weighted by atomic mass is 9.76. The van der Waals surface area contributed by atoms with Gasteiger partial charge in [-0.2, -0.15) is 4.98 Å². The number of anilines is 1. The molecule has 17 heteroatoms. The maximum atomic E-state index is 13.7. The monoisotopic (exact) mass is 909 g/mol. The average molecular weight is 910 g/mol. The first-order valence-corrected chi connectivity index (χ1v) is 24.6. The Morgan fingerprint density at radius 3 is 2.33 bits per heavy atom. The van der Waals surface area contributed by atoms with Gasteiger partial charge >= 0.3 is 0 Å². The van der Waals surface area contributed by atoms with Gasteiger partial charge in [0.05, 0.1) is 23.4 Å². The van der Waals surface area contributed by atoms with Crippen molar-refractivity contribution in [1.82, 2.24) is 49.2 Å². The summed E-state index contributed by atoms with van der Waals surface area (Å²) in [7, 11) is 0. The first-order chi connectivity index (χ1) is 32.4. The van der Waals surface area contributed by atoms with Crippen molar-refractivity contribution in [3.05, 3.63) is 87.5 Å². The number of aryl methyl sites for hydroxylation is 1. The Hall–Kier alpha value is -5.62. The molecule has 1 unspecified atom stereocenters. The summed E-state index contributed by atoms with van der Waals surface area (Å²) in [6.45, 7) is 12.5. The Morgan fingerprint density at radius 2 is 1.60 bits per heavy atom. The molecule has 4 amide bonds. The minimum atomic E-state index is -0.981. The molecule has 13 rings (SSSR count). The van der Waals surface area contributed by atoms with Crippen LogP contribution in [0, 0.1) is 5.92 Å². The molecule has 4 aromatic rings. The fourth-order valence-corrected chi connectivity index (χ4v) is 13.3. The molecule has 4 aliphatic carbocycles. The third kappa shape index (κ3) is 6.93. The molecule has 5 aliphatic heterocycles. The number of carbonyl (C=O) groups excluding carboxylic acids is 4. The summed E-state index contributed by atoms with van der Waals surface area (Å²) in [4.78, 5) is 88.2. The van der Waals surface area contributed by atoms with Gasteiger partial charge in [0.15, 0.2) is 11.5 Å². The number of hydrogen-bond donors (Lipinski definition) is 3. The minimum absolute atomic E-state index is 0.0637. The maximum Gasteiger partial charge on any atom is 0.278 e. The van der Waals surface area contributed by atoms with E-state index >= 15 is 0 Å². The van der Waals surface area contributed by atoms with E-state index in [1.807, 2.05) is 31.2 Å². The molecule has 8 heterocycles. The number of nitrogens with one attached hydrogen (secondary N) is 2. The summed E-state index contributed by atoms with van der Waals surface area (Å²) in [6, 6.07) is 10.2. The van der Waals surface area contributed by atoms with Crippen LogP contribution in [-0.2, 0) is 28.2 Å². The standard InChI is InChI=1S/C50H59N11O6/c1-3-17-59-45(64)37-26-51-48(54-43(37)61(59)40-9-6-29-11-16-50(67,4-2)42(29)52-40)55-49-23-31(24-49)39(25-49)57-20-14-33(15-21-57)56-18-12-34(13-19-56)58-27-32(28-58)30-5-7-35-36(22-30)47(66)60(46(35)65)38-8-10-41(62)53-44(38)63/h3,5-7,9,22,26,31-34,38-39,67H,1,4,8,10-21,23-25,27-28H2,2H3,(H,51,54,55)(H,53,62,63)/t31?,38?,39-,49?,50-/m1/s1. The van der Waals surface area contributed by atoms with E-state index in [1.54, 1.807) is 27.7 Å². The second kappa shape index (κ2) is 16.0. The van der Waals surface area contributed by atoms with E-state index in [2.05, 4.69) is 36.9 Å². The number of imide groups is 2. The number of rotatable bonds is 11. The van der Waals surface area contributed by atoms with Gasteiger partial charge in [0, 0.05) is 55.3 Å². The molecular weight excluding hydrogens is 851 g/mol. The van der Waals surface area contributed by atoms with Gasteiger partial charge < -0.3 is 15.3 Å². The van der Waals surface area contributed by atoms with Crippen LogP contribution in [0.2, 0.25) is 0 Å². The molecule has 17 nitrogen and oxygen atoms in total. The van der Waals surface area contributed by atoms with E-state index in [0.29, 0.717) is 82.4 Å². The molecule has 2 bridgehead atoms. The number of likely N-dealkylation sites (tertiary alicyclic amines) is 3. The summed E-state index contributed by atoms with van der Waals surface area (Å²) in [5, 5.41) is 17.8. The Labute approximate surface area is 388 Å². The average Bonchev–Trinajstić information content (AvgIpc) is 4.09. The van der Waals surface area contributed by atoms with Crippen LogP contribution in [0.25, 0.3) is 16.9 Å². The number of aliphatic hydroxyl groups is 1. The molecule has 7 fully saturated rings. The largest absolute Gasteiger partial charge is 0.384 e. The number of piperidine rings is 3. The summed E-state index contributed by atoms with van der Waals surface area (Å²) >= 11 is 0. The highest BCUT2D eigenvalue weighted by molar-refractivity contribution is 6.23. The molecule has 9 aliphatic rings. The Balaban J connectivity index is 0.634. The Morgan fingerprint density at radius 1 is 0.866 bits per heavy atom. The zero-order chi connectivity index (χ0) is 45.9. The first-order valence-electron chi connectivity index (χ1n) is 24.6. The highest BCUT2D eigenvalue weighted by atomic mass is 16.3. The Bertz CT molecular complexity index is 2790. The van der Waals surface area contributed by atoms with E-state index in [0.717, 1.165) is 93.8 Å². The molecule has 67 heavy (non-hydrogen) atoms. The quantitative estimate of drug-likeness (QED) is 0.147. The number of allylic oxidation sites excluding steroid dienone is 1. The van der Waals surface area contributed by atoms with Crippen LogP contribution in [-0.4, -0.2) is 142 Å². The zero-order valence-corrected chi connectivity index (χ0v) is 38.2. The van der Waals surface area contributed by atoms with Crippen LogP contribution in [0.5, 0.6) is 0 Å². The van der Waals surface area contributed by atoms with Crippen LogP contribution in [0.15, 0.2) is 54.0 Å². The van der Waals surface area contributed by atoms with Crippen LogP contribution in [0.1, 0.15) is 121 Å².